The van der Waals surface area contributed by atoms with Gasteiger partial charge in [-0.3, -0.25) is 0 Å². The summed E-state index contributed by atoms with van der Waals surface area (Å²) >= 11 is 2.01. The van der Waals surface area contributed by atoms with E-state index in [1.54, 1.807) is 0 Å². The molecule has 0 radical (unpaired) electrons. The summed E-state index contributed by atoms with van der Waals surface area (Å²) in [5.41, 5.74) is 18.0. The fourth-order valence-electron chi connectivity index (χ4n) is 10.3. The summed E-state index contributed by atoms with van der Waals surface area (Å²) in [6.07, 6.45) is 19.1. The molecule has 2 heterocycles. The van der Waals surface area contributed by atoms with Crippen LogP contribution in [0.25, 0.3) is 22.3 Å². The highest BCUT2D eigenvalue weighted by Gasteiger charge is 2.40. The largest absolute Gasteiger partial charge is 0.334 e. The van der Waals surface area contributed by atoms with Crippen molar-refractivity contribution in [2.75, 3.05) is 9.80 Å². The summed E-state index contributed by atoms with van der Waals surface area (Å²) in [6.45, 7) is 9.55. The van der Waals surface area contributed by atoms with Gasteiger partial charge in [0.1, 0.15) is 0 Å². The second-order valence-corrected chi connectivity index (χ2v) is 18.4. The average Bonchev–Trinajstić information content (AvgIpc) is 3.74. The number of hydrogen-bond acceptors (Lipinski definition) is 3. The lowest BCUT2D eigenvalue weighted by Crippen LogP contribution is -2.38. The minimum absolute atomic E-state index is 0.103. The minimum atomic E-state index is -0.198. The number of benzene rings is 6. The molecule has 0 bridgehead atoms. The van der Waals surface area contributed by atoms with Crippen LogP contribution in [0.15, 0.2) is 181 Å². The van der Waals surface area contributed by atoms with Gasteiger partial charge in [-0.05, 0) is 105 Å². The molecule has 2 aliphatic heterocycles. The molecule has 0 saturated heterocycles. The van der Waals surface area contributed by atoms with Gasteiger partial charge >= 0.3 is 0 Å². The van der Waals surface area contributed by atoms with Crippen molar-refractivity contribution in [2.45, 2.75) is 67.1 Å². The van der Waals surface area contributed by atoms with Crippen LogP contribution >= 0.6 is 11.8 Å². The van der Waals surface area contributed by atoms with Gasteiger partial charge in [-0.25, -0.2) is 0 Å². The molecule has 6 aromatic rings. The van der Waals surface area contributed by atoms with Gasteiger partial charge in [0.25, 0.3) is 0 Å². The van der Waals surface area contributed by atoms with Gasteiger partial charge in [-0.15, -0.1) is 11.8 Å². The summed E-state index contributed by atoms with van der Waals surface area (Å²) in [4.78, 5) is 6.48. The summed E-state index contributed by atoms with van der Waals surface area (Å²) < 4.78 is 0. The standard InChI is InChI=1S/C54H46N2S/c1-53(2)45-21-10-8-17-41(45)42-31-29-38(33-47(42)53)55(37-27-25-35(26-28-37)40-19-14-20-44-43-18-9-13-24-51(43)57-52(40)44)39-30-32-50-48(34-39)54(3,4)46-22-11-12-23-49(46)56(50)36-15-6-5-7-16-36/h5-15,17-34,36,43,51H,16H2,1-4H3. The Morgan fingerprint density at radius 2 is 1.19 bits per heavy atom. The normalized spacial score (nSPS) is 21.0. The maximum Gasteiger partial charge on any atom is 0.0560 e. The number of rotatable bonds is 5. The van der Waals surface area contributed by atoms with E-state index in [0.717, 1.165) is 12.1 Å². The van der Waals surface area contributed by atoms with E-state index in [1.165, 1.54) is 77.7 Å². The third-order valence-electron chi connectivity index (χ3n) is 13.3. The first-order valence-electron chi connectivity index (χ1n) is 20.5. The van der Waals surface area contributed by atoms with E-state index in [-0.39, 0.29) is 16.9 Å². The lowest BCUT2D eigenvalue weighted by atomic mass is 9.73. The molecular formula is C54H46N2S. The second-order valence-electron chi connectivity index (χ2n) is 17.2. The molecule has 278 valence electrons. The highest BCUT2D eigenvalue weighted by Crippen LogP contribution is 2.55. The first kappa shape index (κ1) is 34.5. The molecule has 0 N–H and O–H groups in total. The van der Waals surface area contributed by atoms with Gasteiger partial charge in [0, 0.05) is 55.3 Å². The fraction of sp³-hybridized carbons (Fsp3) is 0.185. The molecule has 11 rings (SSSR count). The molecule has 0 fully saturated rings. The van der Waals surface area contributed by atoms with Gasteiger partial charge in [0.15, 0.2) is 0 Å². The van der Waals surface area contributed by atoms with Gasteiger partial charge < -0.3 is 9.80 Å². The van der Waals surface area contributed by atoms with Crippen molar-refractivity contribution in [3.63, 3.8) is 0 Å². The molecule has 0 saturated carbocycles. The molecule has 3 aliphatic carbocycles. The fourth-order valence-corrected chi connectivity index (χ4v) is 11.8. The molecule has 0 amide bonds. The topological polar surface area (TPSA) is 6.48 Å². The predicted molar refractivity (Wildman–Crippen MR) is 242 cm³/mol. The average molecular weight is 755 g/mol. The SMILES string of the molecule is CC1(C)c2ccccc2-c2ccc(N(c3ccc(-c4cccc5c4SC4C=CC=CC54)cc3)c3ccc4c(c3)C(C)(C)c3ccccc3N4C3C=CC=CC3)cc21. The number of fused-ring (bicyclic) bond motifs is 8. The highest BCUT2D eigenvalue weighted by molar-refractivity contribution is 8.00. The van der Waals surface area contributed by atoms with Crippen LogP contribution in [0.2, 0.25) is 0 Å². The summed E-state index contributed by atoms with van der Waals surface area (Å²) in [7, 11) is 0. The summed E-state index contributed by atoms with van der Waals surface area (Å²) in [5, 5.41) is 0.470. The number of hydrogen-bond donors (Lipinski definition) is 0. The van der Waals surface area contributed by atoms with Crippen molar-refractivity contribution in [3.05, 3.63) is 204 Å². The van der Waals surface area contributed by atoms with E-state index in [2.05, 4.69) is 213 Å². The van der Waals surface area contributed by atoms with Crippen molar-refractivity contribution in [2.24, 2.45) is 0 Å². The smallest absolute Gasteiger partial charge is 0.0560 e. The molecule has 3 heteroatoms. The molecule has 57 heavy (non-hydrogen) atoms. The molecule has 2 nitrogen and oxygen atoms in total. The van der Waals surface area contributed by atoms with Crippen molar-refractivity contribution < 1.29 is 0 Å². The Morgan fingerprint density at radius 3 is 2.02 bits per heavy atom. The van der Waals surface area contributed by atoms with E-state index in [4.69, 9.17) is 0 Å². The summed E-state index contributed by atoms with van der Waals surface area (Å²) in [6, 6.07) is 48.8. The van der Waals surface area contributed by atoms with Crippen LogP contribution < -0.4 is 9.80 Å². The van der Waals surface area contributed by atoms with Crippen LogP contribution in [0.1, 0.15) is 67.9 Å². The first-order chi connectivity index (χ1) is 27.8. The molecule has 0 aromatic heterocycles. The number of thioether (sulfide) groups is 1. The number of nitrogens with zero attached hydrogens (tertiary/aromatic N) is 2. The van der Waals surface area contributed by atoms with Crippen molar-refractivity contribution >= 4 is 40.2 Å². The Labute approximate surface area is 341 Å². The maximum atomic E-state index is 2.58. The molecular weight excluding hydrogens is 709 g/mol. The number of allylic oxidation sites excluding steroid dienone is 5. The summed E-state index contributed by atoms with van der Waals surface area (Å²) in [5.74, 6) is 0.446. The van der Waals surface area contributed by atoms with E-state index in [1.807, 2.05) is 11.8 Å². The predicted octanol–water partition coefficient (Wildman–Crippen LogP) is 14.5. The van der Waals surface area contributed by atoms with Crippen LogP contribution in [-0.2, 0) is 10.8 Å². The van der Waals surface area contributed by atoms with E-state index in [0.29, 0.717) is 11.2 Å². The van der Waals surface area contributed by atoms with Crippen molar-refractivity contribution in [1.82, 2.24) is 0 Å². The van der Waals surface area contributed by atoms with E-state index >= 15 is 0 Å². The molecule has 3 atom stereocenters. The Kier molecular flexibility index (Phi) is 7.79. The van der Waals surface area contributed by atoms with Crippen molar-refractivity contribution in [1.29, 1.82) is 0 Å². The maximum absolute atomic E-state index is 2.58. The van der Waals surface area contributed by atoms with Gasteiger partial charge in [-0.1, -0.05) is 155 Å². The number of para-hydroxylation sites is 1. The quantitative estimate of drug-likeness (QED) is 0.173. The van der Waals surface area contributed by atoms with Crippen LogP contribution in [0.4, 0.5) is 28.4 Å². The lowest BCUT2D eigenvalue weighted by molar-refractivity contribution is 0.614. The third-order valence-corrected chi connectivity index (χ3v) is 14.7. The molecule has 6 aromatic carbocycles. The zero-order valence-electron chi connectivity index (χ0n) is 33.0. The first-order valence-corrected chi connectivity index (χ1v) is 21.3. The Bertz CT molecular complexity index is 2730. The lowest BCUT2D eigenvalue weighted by Gasteiger charge is -2.45. The monoisotopic (exact) mass is 754 g/mol. The van der Waals surface area contributed by atoms with Gasteiger partial charge in [-0.2, -0.15) is 0 Å². The Morgan fingerprint density at radius 1 is 0.544 bits per heavy atom. The van der Waals surface area contributed by atoms with Crippen LogP contribution in [0.3, 0.4) is 0 Å². The van der Waals surface area contributed by atoms with E-state index in [9.17, 15) is 0 Å². The van der Waals surface area contributed by atoms with Crippen LogP contribution in [0, 0.1) is 0 Å². The zero-order valence-corrected chi connectivity index (χ0v) is 33.8. The molecule has 5 aliphatic rings. The van der Waals surface area contributed by atoms with Crippen molar-refractivity contribution in [3.8, 4) is 22.3 Å². The third kappa shape index (κ3) is 5.25. The molecule has 3 unspecified atom stereocenters. The number of anilines is 5. The van der Waals surface area contributed by atoms with Gasteiger partial charge in [0.2, 0.25) is 0 Å². The second kappa shape index (κ2) is 12.9. The van der Waals surface area contributed by atoms with Gasteiger partial charge in [0.05, 0.1) is 6.04 Å². The molecule has 0 spiro atoms. The Hall–Kier alpha value is -5.77. The van der Waals surface area contributed by atoms with Crippen LogP contribution in [0.5, 0.6) is 0 Å². The highest BCUT2D eigenvalue weighted by atomic mass is 32.2. The zero-order chi connectivity index (χ0) is 38.5. The van der Waals surface area contributed by atoms with E-state index < -0.39 is 0 Å². The van der Waals surface area contributed by atoms with Crippen LogP contribution in [-0.4, -0.2) is 11.3 Å². The minimum Gasteiger partial charge on any atom is -0.334 e. The Balaban J connectivity index is 1.06.